The number of rotatable bonds is 4. The number of cyclic esters (lactones) is 1. The van der Waals surface area contributed by atoms with Crippen LogP contribution in [0.15, 0.2) is 24.3 Å². The molecular weight excluding hydrogens is 272 g/mol. The zero-order valence-corrected chi connectivity index (χ0v) is 12.1. The Hall–Kier alpha value is -2.37. The highest BCUT2D eigenvalue weighted by Crippen LogP contribution is 2.28. The molecule has 1 aromatic carbocycles. The van der Waals surface area contributed by atoms with Crippen LogP contribution in [0.1, 0.15) is 29.8 Å². The van der Waals surface area contributed by atoms with Crippen molar-refractivity contribution in [2.45, 2.75) is 25.9 Å². The minimum atomic E-state index is -1.22. The molecule has 1 unspecified atom stereocenters. The minimum absolute atomic E-state index is 0.159. The Balaban J connectivity index is 2.01. The van der Waals surface area contributed by atoms with Crippen LogP contribution in [0.25, 0.3) is 0 Å². The molecule has 0 radical (unpaired) electrons. The fourth-order valence-corrected chi connectivity index (χ4v) is 2.26. The molecule has 1 aromatic rings. The fraction of sp³-hybridized carbons (Fsp3) is 0.400. The summed E-state index contributed by atoms with van der Waals surface area (Å²) >= 11 is 0. The highest BCUT2D eigenvalue weighted by atomic mass is 16.6. The molecule has 0 fully saturated rings. The number of esters is 1. The number of nitrogens with one attached hydrogen (secondary N) is 2. The number of benzene rings is 1. The van der Waals surface area contributed by atoms with Crippen molar-refractivity contribution in [2.24, 2.45) is 0 Å². The van der Waals surface area contributed by atoms with E-state index >= 15 is 0 Å². The van der Waals surface area contributed by atoms with Crippen LogP contribution >= 0.6 is 0 Å². The van der Waals surface area contributed by atoms with Crippen LogP contribution in [0, 0.1) is 0 Å². The van der Waals surface area contributed by atoms with Crippen LogP contribution in [0.2, 0.25) is 0 Å². The van der Waals surface area contributed by atoms with Crippen molar-refractivity contribution >= 4 is 17.8 Å². The van der Waals surface area contributed by atoms with Crippen molar-refractivity contribution in [3.8, 4) is 0 Å². The molecule has 1 heterocycles. The SMILES string of the molecule is CC(=O)NCCNC(=O)C1(C)Cc2ccccc2C(=O)O1. The molecule has 1 aliphatic heterocycles. The number of hydrogen-bond acceptors (Lipinski definition) is 4. The quantitative estimate of drug-likeness (QED) is 0.621. The van der Waals surface area contributed by atoms with E-state index in [0.717, 1.165) is 5.56 Å². The molecular formula is C15H18N2O4. The largest absolute Gasteiger partial charge is 0.445 e. The highest BCUT2D eigenvalue weighted by Gasteiger charge is 2.42. The minimum Gasteiger partial charge on any atom is -0.445 e. The summed E-state index contributed by atoms with van der Waals surface area (Å²) in [4.78, 5) is 34.9. The summed E-state index contributed by atoms with van der Waals surface area (Å²) in [5.74, 6) is -1.01. The lowest BCUT2D eigenvalue weighted by Gasteiger charge is -2.33. The van der Waals surface area contributed by atoms with Crippen LogP contribution in [0.5, 0.6) is 0 Å². The summed E-state index contributed by atoms with van der Waals surface area (Å²) in [6.07, 6.45) is 0.334. The van der Waals surface area contributed by atoms with Gasteiger partial charge >= 0.3 is 5.97 Å². The van der Waals surface area contributed by atoms with Gasteiger partial charge in [0.2, 0.25) is 5.91 Å². The second kappa shape index (κ2) is 5.95. The van der Waals surface area contributed by atoms with Gasteiger partial charge in [0.05, 0.1) is 5.56 Å². The van der Waals surface area contributed by atoms with Crippen LogP contribution in [-0.2, 0) is 20.7 Å². The van der Waals surface area contributed by atoms with Gasteiger partial charge in [-0.05, 0) is 18.6 Å². The maximum Gasteiger partial charge on any atom is 0.339 e. The van der Waals surface area contributed by atoms with E-state index in [-0.39, 0.29) is 18.4 Å². The Morgan fingerprint density at radius 2 is 1.90 bits per heavy atom. The van der Waals surface area contributed by atoms with E-state index in [1.165, 1.54) is 6.92 Å². The zero-order valence-electron chi connectivity index (χ0n) is 12.1. The number of hydrogen-bond donors (Lipinski definition) is 2. The van der Waals surface area contributed by atoms with E-state index in [4.69, 9.17) is 4.74 Å². The third kappa shape index (κ3) is 3.39. The summed E-state index contributed by atoms with van der Waals surface area (Å²) in [7, 11) is 0. The van der Waals surface area contributed by atoms with Crippen molar-refractivity contribution in [1.82, 2.24) is 10.6 Å². The first kappa shape index (κ1) is 15.0. The second-order valence-electron chi connectivity index (χ2n) is 5.19. The van der Waals surface area contributed by atoms with Crippen LogP contribution in [0.3, 0.4) is 0 Å². The van der Waals surface area contributed by atoms with Gasteiger partial charge in [-0.1, -0.05) is 18.2 Å². The van der Waals surface area contributed by atoms with E-state index in [0.29, 0.717) is 18.5 Å². The van der Waals surface area contributed by atoms with Crippen molar-refractivity contribution in [1.29, 1.82) is 0 Å². The first-order valence-electron chi connectivity index (χ1n) is 6.76. The number of amides is 2. The molecule has 2 amide bonds. The number of ether oxygens (including phenoxy) is 1. The lowest BCUT2D eigenvalue weighted by molar-refractivity contribution is -0.139. The fourth-order valence-electron chi connectivity index (χ4n) is 2.26. The van der Waals surface area contributed by atoms with Gasteiger partial charge in [0, 0.05) is 26.4 Å². The average Bonchev–Trinajstić information content (AvgIpc) is 2.43. The standard InChI is InChI=1S/C15H18N2O4/c1-10(18)16-7-8-17-14(20)15(2)9-11-5-3-4-6-12(11)13(19)21-15/h3-6H,7-9H2,1-2H3,(H,16,18)(H,17,20). The Kier molecular flexibility index (Phi) is 4.26. The molecule has 2 rings (SSSR count). The van der Waals surface area contributed by atoms with Gasteiger partial charge in [0.1, 0.15) is 0 Å². The molecule has 1 aliphatic rings. The third-order valence-corrected chi connectivity index (χ3v) is 3.35. The molecule has 6 nitrogen and oxygen atoms in total. The van der Waals surface area contributed by atoms with Gasteiger partial charge in [-0.3, -0.25) is 9.59 Å². The molecule has 0 bridgehead atoms. The molecule has 0 aromatic heterocycles. The molecule has 0 aliphatic carbocycles. The normalized spacial score (nSPS) is 20.2. The lowest BCUT2D eigenvalue weighted by Crippen LogP contribution is -2.52. The summed E-state index contributed by atoms with van der Waals surface area (Å²) in [6, 6.07) is 7.09. The Morgan fingerprint density at radius 3 is 2.62 bits per heavy atom. The first-order valence-corrected chi connectivity index (χ1v) is 6.76. The predicted molar refractivity (Wildman–Crippen MR) is 75.7 cm³/mol. The van der Waals surface area contributed by atoms with Gasteiger partial charge in [-0.2, -0.15) is 0 Å². The number of carbonyl (C=O) groups is 3. The van der Waals surface area contributed by atoms with E-state index in [2.05, 4.69) is 10.6 Å². The Bertz CT molecular complexity index is 585. The molecule has 2 N–H and O–H groups in total. The van der Waals surface area contributed by atoms with E-state index in [1.807, 2.05) is 12.1 Å². The van der Waals surface area contributed by atoms with Gasteiger partial charge < -0.3 is 15.4 Å². The molecule has 6 heteroatoms. The van der Waals surface area contributed by atoms with Crippen molar-refractivity contribution in [3.63, 3.8) is 0 Å². The summed E-state index contributed by atoms with van der Waals surface area (Å²) in [6.45, 7) is 3.62. The Labute approximate surface area is 122 Å². The van der Waals surface area contributed by atoms with Gasteiger partial charge in [-0.15, -0.1) is 0 Å². The Morgan fingerprint density at radius 1 is 1.24 bits per heavy atom. The topological polar surface area (TPSA) is 84.5 Å². The summed E-state index contributed by atoms with van der Waals surface area (Å²) < 4.78 is 5.30. The number of fused-ring (bicyclic) bond motifs is 1. The monoisotopic (exact) mass is 290 g/mol. The molecule has 0 saturated heterocycles. The third-order valence-electron chi connectivity index (χ3n) is 3.35. The number of carbonyl (C=O) groups excluding carboxylic acids is 3. The van der Waals surface area contributed by atoms with Crippen LogP contribution < -0.4 is 10.6 Å². The van der Waals surface area contributed by atoms with E-state index in [9.17, 15) is 14.4 Å². The van der Waals surface area contributed by atoms with Crippen LogP contribution in [-0.4, -0.2) is 36.5 Å². The summed E-state index contributed by atoms with van der Waals surface area (Å²) in [5, 5.41) is 5.25. The highest BCUT2D eigenvalue weighted by molar-refractivity contribution is 5.97. The average molecular weight is 290 g/mol. The van der Waals surface area contributed by atoms with Gasteiger partial charge in [0.25, 0.3) is 5.91 Å². The van der Waals surface area contributed by atoms with Crippen LogP contribution in [0.4, 0.5) is 0 Å². The van der Waals surface area contributed by atoms with E-state index in [1.54, 1.807) is 19.1 Å². The predicted octanol–water partition coefficient (Wildman–Crippen LogP) is 0.410. The van der Waals surface area contributed by atoms with Gasteiger partial charge in [0.15, 0.2) is 5.60 Å². The maximum atomic E-state index is 12.2. The zero-order chi connectivity index (χ0) is 15.5. The second-order valence-corrected chi connectivity index (χ2v) is 5.19. The van der Waals surface area contributed by atoms with Crippen molar-refractivity contribution in [2.75, 3.05) is 13.1 Å². The molecule has 112 valence electrons. The molecule has 0 spiro atoms. The van der Waals surface area contributed by atoms with Gasteiger partial charge in [-0.25, -0.2) is 4.79 Å². The summed E-state index contributed by atoms with van der Waals surface area (Å²) in [5.41, 5.74) is 0.0797. The maximum absolute atomic E-state index is 12.2. The van der Waals surface area contributed by atoms with Crippen molar-refractivity contribution in [3.05, 3.63) is 35.4 Å². The molecule has 21 heavy (non-hydrogen) atoms. The van der Waals surface area contributed by atoms with Crippen molar-refractivity contribution < 1.29 is 19.1 Å². The van der Waals surface area contributed by atoms with E-state index < -0.39 is 11.6 Å². The molecule has 1 atom stereocenters. The lowest BCUT2D eigenvalue weighted by atomic mass is 9.89. The smallest absolute Gasteiger partial charge is 0.339 e. The first-order chi connectivity index (χ1) is 9.92. The molecule has 0 saturated carbocycles.